The van der Waals surface area contributed by atoms with Gasteiger partial charge >= 0.3 is 0 Å². The van der Waals surface area contributed by atoms with Crippen LogP contribution in [0, 0.1) is 0 Å². The maximum Gasteiger partial charge on any atom is 0.266 e. The topological polar surface area (TPSA) is 84.7 Å². The molecule has 8 nitrogen and oxygen atoms in total. The number of carbonyl (C=O) groups excluding carboxylic acids is 1. The standard InChI is InChI=1S/C29H26N4O4S3/c1-31(2)40(35,36)25-11-7-8-21(16-25)27-22(19-33(30-27)23-9-5-4-6-10-23)17-26-28(34)32(29(38)39-26)18-20-12-14-24(37-3)15-13-20/h4-17,19H,18H2,1-3H3. The van der Waals surface area contributed by atoms with Gasteiger partial charge in [0.05, 0.1) is 29.1 Å². The van der Waals surface area contributed by atoms with E-state index in [4.69, 9.17) is 22.1 Å². The van der Waals surface area contributed by atoms with Crippen molar-refractivity contribution < 1.29 is 17.9 Å². The number of nitrogens with zero attached hydrogens (tertiary/aromatic N) is 4. The van der Waals surface area contributed by atoms with Crippen LogP contribution in [0.15, 0.2) is 94.9 Å². The first-order valence-corrected chi connectivity index (χ1v) is 14.9. The molecule has 0 saturated carbocycles. The Hall–Kier alpha value is -3.77. The number of ether oxygens (including phenoxy) is 1. The maximum atomic E-state index is 13.4. The van der Waals surface area contributed by atoms with E-state index in [0.29, 0.717) is 32.6 Å². The quantitative estimate of drug-likeness (QED) is 0.206. The van der Waals surface area contributed by atoms with Gasteiger partial charge in [-0.15, -0.1) is 0 Å². The van der Waals surface area contributed by atoms with Crippen LogP contribution in [0.5, 0.6) is 5.75 Å². The molecule has 1 saturated heterocycles. The average Bonchev–Trinajstić information content (AvgIpc) is 3.50. The molecule has 1 aromatic heterocycles. The van der Waals surface area contributed by atoms with Gasteiger partial charge in [-0.1, -0.05) is 66.4 Å². The van der Waals surface area contributed by atoms with Gasteiger partial charge in [0.1, 0.15) is 15.8 Å². The van der Waals surface area contributed by atoms with Gasteiger partial charge in [0.15, 0.2) is 0 Å². The molecule has 1 amide bonds. The highest BCUT2D eigenvalue weighted by Crippen LogP contribution is 2.36. The Labute approximate surface area is 242 Å². The molecule has 11 heteroatoms. The molecule has 0 bridgehead atoms. The monoisotopic (exact) mass is 590 g/mol. The highest BCUT2D eigenvalue weighted by atomic mass is 32.2. The van der Waals surface area contributed by atoms with Crippen molar-refractivity contribution >= 4 is 50.3 Å². The minimum Gasteiger partial charge on any atom is -0.497 e. The lowest BCUT2D eigenvalue weighted by atomic mass is 10.1. The largest absolute Gasteiger partial charge is 0.497 e. The lowest BCUT2D eigenvalue weighted by Crippen LogP contribution is -2.27. The molecule has 0 unspecified atom stereocenters. The normalized spacial score (nSPS) is 14.9. The Morgan fingerprint density at radius 2 is 1.75 bits per heavy atom. The van der Waals surface area contributed by atoms with Gasteiger partial charge in [-0.3, -0.25) is 9.69 Å². The summed E-state index contributed by atoms with van der Waals surface area (Å²) in [4.78, 5) is 15.6. The number of hydrogen-bond donors (Lipinski definition) is 0. The van der Waals surface area contributed by atoms with E-state index in [2.05, 4.69) is 0 Å². The molecule has 1 aliphatic heterocycles. The zero-order valence-corrected chi connectivity index (χ0v) is 24.5. The summed E-state index contributed by atoms with van der Waals surface area (Å²) in [5.41, 5.74) is 3.56. The summed E-state index contributed by atoms with van der Waals surface area (Å²) in [7, 11) is 0.936. The number of benzene rings is 3. The van der Waals surface area contributed by atoms with Gasteiger partial charge in [-0.2, -0.15) is 5.10 Å². The number of thioether (sulfide) groups is 1. The Morgan fingerprint density at radius 1 is 1.02 bits per heavy atom. The van der Waals surface area contributed by atoms with Crippen LogP contribution in [0.2, 0.25) is 0 Å². The van der Waals surface area contributed by atoms with Crippen molar-refractivity contribution in [3.63, 3.8) is 0 Å². The number of sulfonamides is 1. The molecule has 5 rings (SSSR count). The first kappa shape index (κ1) is 27.8. The van der Waals surface area contributed by atoms with Gasteiger partial charge in [-0.25, -0.2) is 17.4 Å². The van der Waals surface area contributed by atoms with Gasteiger partial charge in [-0.05, 0) is 48.0 Å². The second-order valence-corrected chi connectivity index (χ2v) is 13.0. The fourth-order valence-corrected chi connectivity index (χ4v) is 6.33. The van der Waals surface area contributed by atoms with Crippen molar-refractivity contribution in [3.05, 3.63) is 101 Å². The molecular formula is C29H26N4O4S3. The van der Waals surface area contributed by atoms with Crippen LogP contribution in [-0.2, 0) is 21.4 Å². The molecule has 4 aromatic rings. The lowest BCUT2D eigenvalue weighted by molar-refractivity contribution is -0.122. The lowest BCUT2D eigenvalue weighted by Gasteiger charge is -2.14. The second-order valence-electron chi connectivity index (χ2n) is 9.14. The van der Waals surface area contributed by atoms with Crippen molar-refractivity contribution in [2.45, 2.75) is 11.4 Å². The summed E-state index contributed by atoms with van der Waals surface area (Å²) in [5.74, 6) is 0.535. The predicted octanol–water partition coefficient (Wildman–Crippen LogP) is 5.20. The summed E-state index contributed by atoms with van der Waals surface area (Å²) in [5, 5.41) is 4.79. The van der Waals surface area contributed by atoms with Crippen LogP contribution >= 0.6 is 24.0 Å². The van der Waals surface area contributed by atoms with Crippen LogP contribution in [-0.4, -0.2) is 58.8 Å². The molecule has 2 heterocycles. The van der Waals surface area contributed by atoms with Crippen molar-refractivity contribution in [2.24, 2.45) is 0 Å². The molecule has 3 aromatic carbocycles. The van der Waals surface area contributed by atoms with Gasteiger partial charge < -0.3 is 4.74 Å². The first-order chi connectivity index (χ1) is 19.2. The number of thiocarbonyl (C=S) groups is 1. The fraction of sp³-hybridized carbons (Fsp3) is 0.138. The Morgan fingerprint density at radius 3 is 2.42 bits per heavy atom. The fourth-order valence-electron chi connectivity index (χ4n) is 4.14. The molecule has 0 aliphatic carbocycles. The van der Waals surface area contributed by atoms with E-state index in [1.165, 1.54) is 30.2 Å². The van der Waals surface area contributed by atoms with E-state index in [1.807, 2.05) is 60.8 Å². The van der Waals surface area contributed by atoms with Gasteiger partial charge in [0.2, 0.25) is 10.0 Å². The van der Waals surface area contributed by atoms with Crippen molar-refractivity contribution in [1.29, 1.82) is 0 Å². The zero-order valence-electron chi connectivity index (χ0n) is 22.0. The number of carbonyl (C=O) groups is 1. The first-order valence-electron chi connectivity index (χ1n) is 12.2. The summed E-state index contributed by atoms with van der Waals surface area (Å²) < 4.78 is 34.2. The third kappa shape index (κ3) is 5.59. The third-order valence-corrected chi connectivity index (χ3v) is 9.50. The molecule has 1 fully saturated rings. The van der Waals surface area contributed by atoms with Crippen LogP contribution in [0.4, 0.5) is 0 Å². The number of aromatic nitrogens is 2. The van der Waals surface area contributed by atoms with E-state index >= 15 is 0 Å². The van der Waals surface area contributed by atoms with Crippen molar-refractivity contribution in [2.75, 3.05) is 21.2 Å². The van der Waals surface area contributed by atoms with E-state index in [9.17, 15) is 13.2 Å². The molecule has 0 radical (unpaired) electrons. The van der Waals surface area contributed by atoms with E-state index in [0.717, 1.165) is 17.0 Å². The summed E-state index contributed by atoms with van der Waals surface area (Å²) in [6.07, 6.45) is 3.59. The Bertz CT molecular complexity index is 1710. The Balaban J connectivity index is 1.54. The number of rotatable bonds is 8. The van der Waals surface area contributed by atoms with Crippen LogP contribution in [0.3, 0.4) is 0 Å². The van der Waals surface area contributed by atoms with Crippen LogP contribution in [0.25, 0.3) is 23.0 Å². The van der Waals surface area contributed by atoms with Gasteiger partial charge in [0, 0.05) is 31.4 Å². The smallest absolute Gasteiger partial charge is 0.266 e. The third-order valence-electron chi connectivity index (χ3n) is 6.31. The summed E-state index contributed by atoms with van der Waals surface area (Å²) in [6.45, 7) is 0.340. The number of amides is 1. The second kappa shape index (κ2) is 11.4. The SMILES string of the molecule is COc1ccc(CN2C(=O)C(=Cc3cn(-c4ccccc4)nc3-c3cccc(S(=O)(=O)N(C)C)c3)SC2=S)cc1. The molecule has 0 N–H and O–H groups in total. The van der Waals surface area contributed by atoms with Crippen molar-refractivity contribution in [3.8, 4) is 22.7 Å². The molecule has 1 aliphatic rings. The number of para-hydroxylation sites is 1. The molecule has 0 spiro atoms. The van der Waals surface area contributed by atoms with E-state index in [-0.39, 0.29) is 10.8 Å². The number of methoxy groups -OCH3 is 1. The molecule has 40 heavy (non-hydrogen) atoms. The van der Waals surface area contributed by atoms with Crippen molar-refractivity contribution in [1.82, 2.24) is 19.0 Å². The highest BCUT2D eigenvalue weighted by Gasteiger charge is 2.32. The number of hydrogen-bond acceptors (Lipinski definition) is 7. The minimum absolute atomic E-state index is 0.154. The van der Waals surface area contributed by atoms with E-state index in [1.54, 1.807) is 47.0 Å². The maximum absolute atomic E-state index is 13.4. The summed E-state index contributed by atoms with van der Waals surface area (Å²) in [6, 6.07) is 23.7. The summed E-state index contributed by atoms with van der Waals surface area (Å²) >= 11 is 6.79. The molecule has 0 atom stereocenters. The molecular weight excluding hydrogens is 565 g/mol. The highest BCUT2D eigenvalue weighted by molar-refractivity contribution is 8.26. The van der Waals surface area contributed by atoms with Crippen LogP contribution in [0.1, 0.15) is 11.1 Å². The van der Waals surface area contributed by atoms with Crippen LogP contribution < -0.4 is 4.74 Å². The minimum atomic E-state index is -3.65. The average molecular weight is 591 g/mol. The molecule has 204 valence electrons. The predicted molar refractivity (Wildman–Crippen MR) is 162 cm³/mol. The van der Waals surface area contributed by atoms with E-state index < -0.39 is 10.0 Å². The Kier molecular flexibility index (Phi) is 7.90. The van der Waals surface area contributed by atoms with Gasteiger partial charge in [0.25, 0.3) is 5.91 Å². The zero-order chi connectivity index (χ0) is 28.4.